The van der Waals surface area contributed by atoms with Gasteiger partial charge in [-0.05, 0) is 61.8 Å². The zero-order valence-corrected chi connectivity index (χ0v) is 22.3. The minimum absolute atomic E-state index is 0.282. The highest BCUT2D eigenvalue weighted by atomic mass is 31.1. The average molecular weight is 472 g/mol. The summed E-state index contributed by atoms with van der Waals surface area (Å²) in [6.45, 7) is 13.0. The molecule has 2 aromatic rings. The fourth-order valence-electron chi connectivity index (χ4n) is 4.10. The van der Waals surface area contributed by atoms with Crippen molar-refractivity contribution in [3.05, 3.63) is 120 Å². The van der Waals surface area contributed by atoms with Gasteiger partial charge in [0.05, 0.1) is 0 Å². The highest BCUT2D eigenvalue weighted by Gasteiger charge is 2.26. The van der Waals surface area contributed by atoms with Crippen LogP contribution >= 0.6 is 7.92 Å². The van der Waals surface area contributed by atoms with E-state index in [0.717, 1.165) is 24.3 Å². The largest absolute Gasteiger partial charge is 0.327 e. The van der Waals surface area contributed by atoms with Gasteiger partial charge in [-0.25, -0.2) is 0 Å². The van der Waals surface area contributed by atoms with E-state index < -0.39 is 0 Å². The lowest BCUT2D eigenvalue weighted by atomic mass is 10.0. The van der Waals surface area contributed by atoms with Crippen molar-refractivity contribution in [2.24, 2.45) is 11.7 Å². The molecule has 4 rings (SSSR count). The summed E-state index contributed by atoms with van der Waals surface area (Å²) in [5.74, 6) is 0.721. The number of hydrogen-bond donors (Lipinski definition) is 1. The fraction of sp³-hybridized carbons (Fsp3) is 0.312. The Morgan fingerprint density at radius 2 is 1.76 bits per heavy atom. The summed E-state index contributed by atoms with van der Waals surface area (Å²) in [5, 5.41) is 3.01. The predicted molar refractivity (Wildman–Crippen MR) is 156 cm³/mol. The summed E-state index contributed by atoms with van der Waals surface area (Å²) in [5.41, 5.74) is 9.67. The molecule has 0 aromatic heterocycles. The Morgan fingerprint density at radius 1 is 1.03 bits per heavy atom. The van der Waals surface area contributed by atoms with Crippen molar-refractivity contribution < 1.29 is 0 Å². The first-order chi connectivity index (χ1) is 16.6. The Balaban J connectivity index is 0.000000251. The molecule has 0 spiro atoms. The number of aryl methyl sites for hydroxylation is 1. The predicted octanol–water partition coefficient (Wildman–Crippen LogP) is 7.75. The van der Waals surface area contributed by atoms with Gasteiger partial charge < -0.3 is 5.73 Å². The SMILES string of the molecule is C=C(/C=C\CN)C1=CCCC=C1.CC.Cc1cccc(P(c2ccccc2)C2C=CC(C)C2)c1. The average Bonchev–Trinajstić information content (AvgIpc) is 3.31. The number of hydrogen-bond acceptors (Lipinski definition) is 1. The van der Waals surface area contributed by atoms with Crippen LogP contribution in [0.4, 0.5) is 0 Å². The zero-order chi connectivity index (χ0) is 24.8. The van der Waals surface area contributed by atoms with E-state index in [9.17, 15) is 0 Å². The maximum atomic E-state index is 5.34. The van der Waals surface area contributed by atoms with E-state index in [2.05, 4.69) is 105 Å². The first-order valence-corrected chi connectivity index (χ1v) is 14.0. The Morgan fingerprint density at radius 3 is 2.35 bits per heavy atom. The third-order valence-corrected chi connectivity index (χ3v) is 8.48. The lowest BCUT2D eigenvalue weighted by Gasteiger charge is -2.25. The van der Waals surface area contributed by atoms with Gasteiger partial charge in [0.15, 0.2) is 0 Å². The normalized spacial score (nSPS) is 19.5. The number of nitrogens with two attached hydrogens (primary N) is 1. The highest BCUT2D eigenvalue weighted by molar-refractivity contribution is 7.73. The van der Waals surface area contributed by atoms with Crippen molar-refractivity contribution in [1.29, 1.82) is 0 Å². The summed E-state index contributed by atoms with van der Waals surface area (Å²) in [7, 11) is -0.282. The van der Waals surface area contributed by atoms with Crippen LogP contribution in [-0.4, -0.2) is 12.2 Å². The van der Waals surface area contributed by atoms with Crippen LogP contribution < -0.4 is 16.3 Å². The molecule has 34 heavy (non-hydrogen) atoms. The minimum Gasteiger partial charge on any atom is -0.327 e. The molecule has 3 atom stereocenters. The Bertz CT molecular complexity index is 997. The van der Waals surface area contributed by atoms with Crippen LogP contribution in [0.3, 0.4) is 0 Å². The van der Waals surface area contributed by atoms with Gasteiger partial charge in [-0.1, -0.05) is 130 Å². The second kappa shape index (κ2) is 15.4. The van der Waals surface area contributed by atoms with E-state index in [1.807, 2.05) is 26.0 Å². The van der Waals surface area contributed by atoms with Crippen LogP contribution in [0.25, 0.3) is 0 Å². The topological polar surface area (TPSA) is 26.0 Å². The maximum absolute atomic E-state index is 5.34. The Labute approximate surface area is 209 Å². The van der Waals surface area contributed by atoms with E-state index in [4.69, 9.17) is 5.73 Å². The van der Waals surface area contributed by atoms with E-state index in [1.165, 1.54) is 28.2 Å². The van der Waals surface area contributed by atoms with Gasteiger partial charge in [0.2, 0.25) is 0 Å². The molecule has 2 heteroatoms. The third kappa shape index (κ3) is 8.71. The smallest absolute Gasteiger partial charge is 0.0110 e. The molecule has 3 unspecified atom stereocenters. The summed E-state index contributed by atoms with van der Waals surface area (Å²) in [6.07, 6.45) is 18.8. The molecule has 0 saturated carbocycles. The summed E-state index contributed by atoms with van der Waals surface area (Å²) in [4.78, 5) is 0. The van der Waals surface area contributed by atoms with E-state index in [-0.39, 0.29) is 7.92 Å². The molecule has 1 nitrogen and oxygen atoms in total. The summed E-state index contributed by atoms with van der Waals surface area (Å²) < 4.78 is 0. The van der Waals surface area contributed by atoms with Gasteiger partial charge in [0, 0.05) is 12.2 Å². The molecule has 0 saturated heterocycles. The van der Waals surface area contributed by atoms with Gasteiger partial charge >= 0.3 is 0 Å². The lowest BCUT2D eigenvalue weighted by molar-refractivity contribution is 0.707. The quantitative estimate of drug-likeness (QED) is 0.260. The Hall–Kier alpha value is -2.47. The number of rotatable bonds is 6. The third-order valence-electron chi connectivity index (χ3n) is 5.74. The van der Waals surface area contributed by atoms with Crippen molar-refractivity contribution in [3.8, 4) is 0 Å². The van der Waals surface area contributed by atoms with Gasteiger partial charge in [0.25, 0.3) is 0 Å². The van der Waals surface area contributed by atoms with Crippen molar-refractivity contribution in [3.63, 3.8) is 0 Å². The lowest BCUT2D eigenvalue weighted by Crippen LogP contribution is -2.20. The molecule has 2 N–H and O–H groups in total. The van der Waals surface area contributed by atoms with Crippen molar-refractivity contribution in [2.45, 2.75) is 52.6 Å². The maximum Gasteiger partial charge on any atom is 0.0110 e. The zero-order valence-electron chi connectivity index (χ0n) is 21.5. The van der Waals surface area contributed by atoms with Gasteiger partial charge in [-0.15, -0.1) is 0 Å². The summed E-state index contributed by atoms with van der Waals surface area (Å²) in [6, 6.07) is 20.1. The van der Waals surface area contributed by atoms with Crippen LogP contribution in [0.2, 0.25) is 0 Å². The molecule has 0 heterocycles. The molecule has 0 radical (unpaired) electrons. The summed E-state index contributed by atoms with van der Waals surface area (Å²) >= 11 is 0. The Kier molecular flexibility index (Phi) is 12.6. The van der Waals surface area contributed by atoms with Crippen LogP contribution in [0, 0.1) is 12.8 Å². The van der Waals surface area contributed by atoms with Crippen LogP contribution in [0.5, 0.6) is 0 Å². The molecule has 0 amide bonds. The molecule has 180 valence electrons. The van der Waals surface area contributed by atoms with Crippen molar-refractivity contribution >= 4 is 18.5 Å². The van der Waals surface area contributed by atoms with E-state index in [0.29, 0.717) is 12.2 Å². The first kappa shape index (κ1) is 27.8. The molecule has 0 bridgehead atoms. The molecular formula is C32H42NP. The molecule has 0 fully saturated rings. The first-order valence-electron chi connectivity index (χ1n) is 12.6. The standard InChI is InChI=1S/C19H21P.C11H15N.C2H6/c1-15-7-6-10-18(13-15)20(17-8-4-3-5-9-17)19-12-11-16(2)14-19;1-10(6-5-9-12)11-7-3-2-4-8-11;1-2/h3-13,16,19H,14H2,1-2H3;3,5-8H,1-2,4,9,12H2;1-2H3/b;6-5-;. The van der Waals surface area contributed by atoms with Gasteiger partial charge in [-0.2, -0.15) is 0 Å². The molecule has 0 aliphatic heterocycles. The van der Waals surface area contributed by atoms with Crippen molar-refractivity contribution in [2.75, 3.05) is 6.54 Å². The van der Waals surface area contributed by atoms with E-state index in [1.54, 1.807) is 0 Å². The van der Waals surface area contributed by atoms with E-state index >= 15 is 0 Å². The van der Waals surface area contributed by atoms with Gasteiger partial charge in [0.1, 0.15) is 0 Å². The molecule has 2 aromatic carbocycles. The van der Waals surface area contributed by atoms with Crippen LogP contribution in [-0.2, 0) is 0 Å². The number of allylic oxidation sites excluding steroid dienone is 8. The number of benzene rings is 2. The molecular weight excluding hydrogens is 429 g/mol. The van der Waals surface area contributed by atoms with Crippen LogP contribution in [0.1, 0.15) is 45.6 Å². The minimum atomic E-state index is -0.282. The molecule has 2 aliphatic carbocycles. The highest BCUT2D eigenvalue weighted by Crippen LogP contribution is 2.45. The van der Waals surface area contributed by atoms with Crippen LogP contribution in [0.15, 0.2) is 115 Å². The monoisotopic (exact) mass is 471 g/mol. The second-order valence-electron chi connectivity index (χ2n) is 8.51. The molecule has 2 aliphatic rings. The fourth-order valence-corrected chi connectivity index (χ4v) is 7.07. The van der Waals surface area contributed by atoms with Crippen molar-refractivity contribution in [1.82, 2.24) is 0 Å². The second-order valence-corrected chi connectivity index (χ2v) is 10.9. The van der Waals surface area contributed by atoms with Gasteiger partial charge in [-0.3, -0.25) is 0 Å².